The van der Waals surface area contributed by atoms with E-state index in [9.17, 15) is 4.79 Å². The molecule has 0 radical (unpaired) electrons. The van der Waals surface area contributed by atoms with Crippen LogP contribution in [0.15, 0.2) is 30.5 Å². The first-order valence-electron chi connectivity index (χ1n) is 6.84. The summed E-state index contributed by atoms with van der Waals surface area (Å²) in [7, 11) is 0. The van der Waals surface area contributed by atoms with Gasteiger partial charge in [0.2, 0.25) is 5.91 Å². The van der Waals surface area contributed by atoms with Crippen LogP contribution in [0.4, 0.5) is 11.4 Å². The molecule has 2 aliphatic rings. The molecule has 2 aliphatic heterocycles. The van der Waals surface area contributed by atoms with Crippen molar-refractivity contribution in [3.05, 3.63) is 30.5 Å². The van der Waals surface area contributed by atoms with E-state index in [1.165, 1.54) is 0 Å². The molecule has 0 bridgehead atoms. The van der Waals surface area contributed by atoms with Gasteiger partial charge in [0.25, 0.3) is 0 Å². The number of rotatable bonds is 0. The molecule has 1 aromatic heterocycles. The first-order chi connectivity index (χ1) is 9.78. The fourth-order valence-corrected chi connectivity index (χ4v) is 2.98. The largest absolute Gasteiger partial charge is 0.381 e. The summed E-state index contributed by atoms with van der Waals surface area (Å²) in [5.74, 6) is 0.0189. The second-order valence-corrected chi connectivity index (χ2v) is 5.34. The molecule has 1 spiro atoms. The summed E-state index contributed by atoms with van der Waals surface area (Å²) in [4.78, 5) is 16.8. The standard InChI is InChI=1S/C15H15N3O2/c19-14-15(5-7-20-8-6-15)18-13-10-3-1-2-4-11(10)16-9-12(13)17-14/h1-4,9,18H,5-8H2,(H,17,19). The van der Waals surface area contributed by atoms with Gasteiger partial charge in [-0.2, -0.15) is 0 Å². The van der Waals surface area contributed by atoms with E-state index in [0.29, 0.717) is 26.1 Å². The molecule has 0 unspecified atom stereocenters. The molecule has 1 aromatic carbocycles. The molecule has 0 atom stereocenters. The van der Waals surface area contributed by atoms with E-state index in [1.807, 2.05) is 24.3 Å². The summed E-state index contributed by atoms with van der Waals surface area (Å²) < 4.78 is 5.39. The Balaban J connectivity index is 1.87. The van der Waals surface area contributed by atoms with Gasteiger partial charge in [0, 0.05) is 31.4 Å². The number of nitrogens with zero attached hydrogens (tertiary/aromatic N) is 1. The molecule has 1 amide bonds. The fraction of sp³-hybridized carbons (Fsp3) is 0.333. The summed E-state index contributed by atoms with van der Waals surface area (Å²) in [5.41, 5.74) is 2.11. The number of carbonyl (C=O) groups is 1. The maximum atomic E-state index is 12.4. The molecule has 2 aromatic rings. The molecule has 2 N–H and O–H groups in total. The molecule has 1 saturated heterocycles. The predicted octanol–water partition coefficient (Wildman–Crippen LogP) is 2.15. The van der Waals surface area contributed by atoms with E-state index in [4.69, 9.17) is 4.74 Å². The van der Waals surface area contributed by atoms with Crippen LogP contribution < -0.4 is 10.6 Å². The summed E-state index contributed by atoms with van der Waals surface area (Å²) in [6, 6.07) is 7.95. The molecule has 0 saturated carbocycles. The third-order valence-electron chi connectivity index (χ3n) is 4.17. The molecular formula is C15H15N3O2. The summed E-state index contributed by atoms with van der Waals surface area (Å²) in [6.07, 6.45) is 3.10. The molecule has 5 heteroatoms. The quantitative estimate of drug-likeness (QED) is 0.769. The maximum absolute atomic E-state index is 12.4. The number of hydrogen-bond acceptors (Lipinski definition) is 4. The normalized spacial score (nSPS) is 20.3. The lowest BCUT2D eigenvalue weighted by molar-refractivity contribution is -0.123. The van der Waals surface area contributed by atoms with Crippen LogP contribution >= 0.6 is 0 Å². The van der Waals surface area contributed by atoms with Gasteiger partial charge in [0.15, 0.2) is 0 Å². The SMILES string of the molecule is O=C1Nc2cnc3ccccc3c2NC12CCOCC2. The average molecular weight is 269 g/mol. The van der Waals surface area contributed by atoms with Crippen molar-refractivity contribution in [1.29, 1.82) is 0 Å². The van der Waals surface area contributed by atoms with Crippen LogP contribution in [0.3, 0.4) is 0 Å². The number of nitrogens with one attached hydrogen (secondary N) is 2. The van der Waals surface area contributed by atoms with Gasteiger partial charge in [-0.15, -0.1) is 0 Å². The van der Waals surface area contributed by atoms with Crippen LogP contribution in [0.1, 0.15) is 12.8 Å². The van der Waals surface area contributed by atoms with Crippen molar-refractivity contribution in [3.63, 3.8) is 0 Å². The van der Waals surface area contributed by atoms with Gasteiger partial charge in [-0.25, -0.2) is 0 Å². The number of fused-ring (bicyclic) bond motifs is 3. The van der Waals surface area contributed by atoms with Crippen molar-refractivity contribution in [2.45, 2.75) is 18.4 Å². The highest BCUT2D eigenvalue weighted by Crippen LogP contribution is 2.39. The number of aromatic nitrogens is 1. The summed E-state index contributed by atoms with van der Waals surface area (Å²) in [6.45, 7) is 1.22. The van der Waals surface area contributed by atoms with Gasteiger partial charge in [-0.05, 0) is 6.07 Å². The van der Waals surface area contributed by atoms with Crippen molar-refractivity contribution >= 4 is 28.2 Å². The smallest absolute Gasteiger partial charge is 0.250 e. The van der Waals surface area contributed by atoms with E-state index in [-0.39, 0.29) is 5.91 Å². The van der Waals surface area contributed by atoms with Crippen molar-refractivity contribution in [1.82, 2.24) is 4.98 Å². The van der Waals surface area contributed by atoms with E-state index in [0.717, 1.165) is 22.3 Å². The summed E-state index contributed by atoms with van der Waals surface area (Å²) in [5, 5.41) is 7.50. The summed E-state index contributed by atoms with van der Waals surface area (Å²) >= 11 is 0. The second kappa shape index (κ2) is 4.18. The molecule has 5 nitrogen and oxygen atoms in total. The highest BCUT2D eigenvalue weighted by atomic mass is 16.5. The number of amides is 1. The number of carbonyl (C=O) groups excluding carboxylic acids is 1. The lowest BCUT2D eigenvalue weighted by atomic mass is 9.86. The monoisotopic (exact) mass is 269 g/mol. The van der Waals surface area contributed by atoms with Crippen LogP contribution in [0.2, 0.25) is 0 Å². The van der Waals surface area contributed by atoms with Crippen molar-refractivity contribution in [2.75, 3.05) is 23.8 Å². The van der Waals surface area contributed by atoms with Crippen molar-refractivity contribution in [3.8, 4) is 0 Å². The highest BCUT2D eigenvalue weighted by molar-refractivity contribution is 6.11. The second-order valence-electron chi connectivity index (χ2n) is 5.34. The van der Waals surface area contributed by atoms with Gasteiger partial charge < -0.3 is 15.4 Å². The predicted molar refractivity (Wildman–Crippen MR) is 76.8 cm³/mol. The first kappa shape index (κ1) is 11.7. The molecular weight excluding hydrogens is 254 g/mol. The molecule has 1 fully saturated rings. The highest BCUT2D eigenvalue weighted by Gasteiger charge is 2.43. The Bertz CT molecular complexity index is 693. The molecule has 4 rings (SSSR count). The Labute approximate surface area is 116 Å². The Morgan fingerprint density at radius 2 is 2.00 bits per heavy atom. The number of para-hydroxylation sites is 1. The van der Waals surface area contributed by atoms with Crippen LogP contribution in [0.25, 0.3) is 10.9 Å². The first-order valence-corrected chi connectivity index (χ1v) is 6.84. The minimum Gasteiger partial charge on any atom is -0.381 e. The number of benzene rings is 1. The van der Waals surface area contributed by atoms with Crippen LogP contribution in [0.5, 0.6) is 0 Å². The van der Waals surface area contributed by atoms with Gasteiger partial charge in [0.05, 0.1) is 23.1 Å². The zero-order valence-electron chi connectivity index (χ0n) is 11.0. The van der Waals surface area contributed by atoms with Gasteiger partial charge in [-0.3, -0.25) is 9.78 Å². The number of hydrogen-bond donors (Lipinski definition) is 2. The lowest BCUT2D eigenvalue weighted by Crippen LogP contribution is -2.55. The van der Waals surface area contributed by atoms with Crippen molar-refractivity contribution in [2.24, 2.45) is 0 Å². The van der Waals surface area contributed by atoms with Gasteiger partial charge in [-0.1, -0.05) is 18.2 Å². The Morgan fingerprint density at radius 3 is 2.85 bits per heavy atom. The van der Waals surface area contributed by atoms with Crippen LogP contribution in [-0.4, -0.2) is 29.6 Å². The topological polar surface area (TPSA) is 63.2 Å². The zero-order chi connectivity index (χ0) is 13.6. The molecule has 0 aliphatic carbocycles. The van der Waals surface area contributed by atoms with E-state index < -0.39 is 5.54 Å². The maximum Gasteiger partial charge on any atom is 0.250 e. The van der Waals surface area contributed by atoms with Crippen LogP contribution in [0, 0.1) is 0 Å². The van der Waals surface area contributed by atoms with E-state index in [1.54, 1.807) is 6.20 Å². The molecule has 20 heavy (non-hydrogen) atoms. The number of ether oxygens (including phenoxy) is 1. The Morgan fingerprint density at radius 1 is 1.20 bits per heavy atom. The minimum atomic E-state index is -0.546. The molecule has 3 heterocycles. The number of anilines is 2. The third-order valence-corrected chi connectivity index (χ3v) is 4.17. The average Bonchev–Trinajstić information content (AvgIpc) is 2.50. The zero-order valence-corrected chi connectivity index (χ0v) is 11.0. The Kier molecular flexibility index (Phi) is 2.44. The van der Waals surface area contributed by atoms with Gasteiger partial charge >= 0.3 is 0 Å². The van der Waals surface area contributed by atoms with Gasteiger partial charge in [0.1, 0.15) is 5.54 Å². The third kappa shape index (κ3) is 1.59. The van der Waals surface area contributed by atoms with E-state index >= 15 is 0 Å². The lowest BCUT2D eigenvalue weighted by Gasteiger charge is -2.41. The fourth-order valence-electron chi connectivity index (χ4n) is 2.98. The number of pyridine rings is 1. The molecule has 102 valence electrons. The minimum absolute atomic E-state index is 0.0189. The van der Waals surface area contributed by atoms with Crippen LogP contribution in [-0.2, 0) is 9.53 Å². The Hall–Kier alpha value is -2.14. The van der Waals surface area contributed by atoms with E-state index in [2.05, 4.69) is 15.6 Å². The van der Waals surface area contributed by atoms with Crippen molar-refractivity contribution < 1.29 is 9.53 Å².